The van der Waals surface area contributed by atoms with Gasteiger partial charge in [-0.1, -0.05) is 24.6 Å². The van der Waals surface area contributed by atoms with Gasteiger partial charge in [0.1, 0.15) is 5.78 Å². The molecule has 14 heavy (non-hydrogen) atoms. The van der Waals surface area contributed by atoms with Gasteiger partial charge < -0.3 is 4.90 Å². The van der Waals surface area contributed by atoms with E-state index in [0.29, 0.717) is 17.8 Å². The molecule has 0 aromatic carbocycles. The second-order valence-corrected chi connectivity index (χ2v) is 5.29. The molecule has 3 nitrogen and oxygen atoms in total. The molecule has 2 aliphatic rings. The first kappa shape index (κ1) is 10.0. The van der Waals surface area contributed by atoms with Crippen LogP contribution in [0.2, 0.25) is 0 Å². The number of carbonyl (C=O) groups excluding carboxylic acids is 2. The Bertz CT molecular complexity index is 267. The SMILES string of the molecule is CC(=O)CN1C(=O)SC2CCCCC21. The molecule has 0 aromatic heterocycles. The van der Waals surface area contributed by atoms with Crippen LogP contribution in [0.3, 0.4) is 0 Å². The quantitative estimate of drug-likeness (QED) is 0.704. The first-order valence-electron chi connectivity index (χ1n) is 5.15. The number of thioether (sulfide) groups is 1. The Labute approximate surface area is 88.2 Å². The van der Waals surface area contributed by atoms with Gasteiger partial charge >= 0.3 is 0 Å². The Hall–Kier alpha value is -0.510. The van der Waals surface area contributed by atoms with Gasteiger partial charge in [-0.3, -0.25) is 9.59 Å². The van der Waals surface area contributed by atoms with Gasteiger partial charge in [0.2, 0.25) is 0 Å². The number of nitrogens with zero attached hydrogens (tertiary/aromatic N) is 1. The second-order valence-electron chi connectivity index (χ2n) is 4.10. The van der Waals surface area contributed by atoms with Crippen LogP contribution in [0.25, 0.3) is 0 Å². The van der Waals surface area contributed by atoms with Gasteiger partial charge in [-0.15, -0.1) is 0 Å². The van der Waals surface area contributed by atoms with Crippen molar-refractivity contribution in [2.24, 2.45) is 0 Å². The summed E-state index contributed by atoms with van der Waals surface area (Å²) in [6, 6.07) is 0.338. The minimum atomic E-state index is 0.0881. The van der Waals surface area contributed by atoms with Crippen molar-refractivity contribution >= 4 is 22.8 Å². The molecule has 1 saturated heterocycles. The number of hydrogen-bond acceptors (Lipinski definition) is 3. The highest BCUT2D eigenvalue weighted by molar-refractivity contribution is 8.14. The van der Waals surface area contributed by atoms with E-state index >= 15 is 0 Å². The summed E-state index contributed by atoms with van der Waals surface area (Å²) >= 11 is 1.43. The second kappa shape index (κ2) is 3.93. The van der Waals surface area contributed by atoms with E-state index in [1.165, 1.54) is 24.6 Å². The molecule has 0 spiro atoms. The van der Waals surface area contributed by atoms with Crippen LogP contribution in [0.5, 0.6) is 0 Å². The topological polar surface area (TPSA) is 37.4 Å². The molecule has 1 aliphatic heterocycles. The van der Waals surface area contributed by atoms with Crippen molar-refractivity contribution in [3.05, 3.63) is 0 Å². The summed E-state index contributed by atoms with van der Waals surface area (Å²) in [4.78, 5) is 24.4. The van der Waals surface area contributed by atoms with Gasteiger partial charge in [-0.05, 0) is 19.8 Å². The minimum Gasteiger partial charge on any atom is -0.322 e. The summed E-state index contributed by atoms with van der Waals surface area (Å²) < 4.78 is 0. The van der Waals surface area contributed by atoms with E-state index in [-0.39, 0.29) is 11.0 Å². The molecule has 4 heteroatoms. The summed E-state index contributed by atoms with van der Waals surface area (Å²) in [7, 11) is 0. The Morgan fingerprint density at radius 3 is 2.93 bits per heavy atom. The third-order valence-corrected chi connectivity index (χ3v) is 4.24. The zero-order valence-corrected chi connectivity index (χ0v) is 9.18. The molecule has 2 atom stereocenters. The molecule has 78 valence electrons. The van der Waals surface area contributed by atoms with Crippen LogP contribution in [-0.2, 0) is 4.79 Å². The monoisotopic (exact) mass is 213 g/mol. The molecule has 0 bridgehead atoms. The standard InChI is InChI=1S/C10H15NO2S/c1-7(12)6-11-8-4-2-3-5-9(8)14-10(11)13/h8-9H,2-6H2,1H3. The van der Waals surface area contributed by atoms with E-state index in [4.69, 9.17) is 0 Å². The van der Waals surface area contributed by atoms with E-state index in [9.17, 15) is 9.59 Å². The third-order valence-electron chi connectivity index (χ3n) is 2.95. The normalized spacial score (nSPS) is 31.8. The van der Waals surface area contributed by atoms with Gasteiger partial charge in [0, 0.05) is 11.3 Å². The van der Waals surface area contributed by atoms with Gasteiger partial charge in [-0.2, -0.15) is 0 Å². The molecule has 0 radical (unpaired) electrons. The van der Waals surface area contributed by atoms with Crippen molar-refractivity contribution in [3.8, 4) is 0 Å². The van der Waals surface area contributed by atoms with Crippen molar-refractivity contribution in [1.82, 2.24) is 4.90 Å². The van der Waals surface area contributed by atoms with E-state index in [1.807, 2.05) is 0 Å². The van der Waals surface area contributed by atoms with Crippen molar-refractivity contribution in [2.45, 2.75) is 43.9 Å². The number of ketones is 1. The maximum atomic E-state index is 11.6. The highest BCUT2D eigenvalue weighted by atomic mass is 32.2. The Kier molecular flexibility index (Phi) is 2.81. The van der Waals surface area contributed by atoms with Crippen LogP contribution in [0, 0.1) is 0 Å². The number of hydrogen-bond donors (Lipinski definition) is 0. The van der Waals surface area contributed by atoms with Crippen molar-refractivity contribution in [1.29, 1.82) is 0 Å². The summed E-state index contributed by atoms with van der Waals surface area (Å²) in [6.07, 6.45) is 4.64. The zero-order valence-electron chi connectivity index (χ0n) is 8.36. The van der Waals surface area contributed by atoms with Crippen molar-refractivity contribution in [2.75, 3.05) is 6.54 Å². The first-order chi connectivity index (χ1) is 6.68. The molecular weight excluding hydrogens is 198 g/mol. The molecule has 2 unspecified atom stereocenters. The lowest BCUT2D eigenvalue weighted by Gasteiger charge is -2.29. The summed E-state index contributed by atoms with van der Waals surface area (Å²) in [6.45, 7) is 1.86. The van der Waals surface area contributed by atoms with E-state index < -0.39 is 0 Å². The molecule has 2 rings (SSSR count). The molecule has 0 aromatic rings. The van der Waals surface area contributed by atoms with Crippen LogP contribution >= 0.6 is 11.8 Å². The molecule has 1 saturated carbocycles. The summed E-state index contributed by atoms with van der Waals surface area (Å²) in [5.41, 5.74) is 0. The van der Waals surface area contributed by atoms with Gasteiger partial charge in [0.05, 0.1) is 6.54 Å². The fourth-order valence-corrected chi connectivity index (χ4v) is 3.64. The molecule has 1 amide bonds. The van der Waals surface area contributed by atoms with E-state index in [1.54, 1.807) is 11.8 Å². The largest absolute Gasteiger partial charge is 0.322 e. The van der Waals surface area contributed by atoms with Crippen LogP contribution < -0.4 is 0 Å². The van der Waals surface area contributed by atoms with E-state index in [2.05, 4.69) is 0 Å². The highest BCUT2D eigenvalue weighted by Crippen LogP contribution is 2.39. The van der Waals surface area contributed by atoms with E-state index in [0.717, 1.165) is 12.8 Å². The average molecular weight is 213 g/mol. The maximum Gasteiger partial charge on any atom is 0.282 e. The predicted octanol–water partition coefficient (Wildman–Crippen LogP) is 2.06. The fraction of sp³-hybridized carbons (Fsp3) is 0.800. The first-order valence-corrected chi connectivity index (χ1v) is 6.03. The molecular formula is C10H15NO2S. The fourth-order valence-electron chi connectivity index (χ4n) is 2.33. The van der Waals surface area contributed by atoms with Crippen LogP contribution in [0.4, 0.5) is 4.79 Å². The number of rotatable bonds is 2. The van der Waals surface area contributed by atoms with Gasteiger partial charge in [-0.25, -0.2) is 0 Å². The number of Topliss-reactive ketones (excluding diaryl/α,β-unsaturated/α-hetero) is 1. The Morgan fingerprint density at radius 2 is 2.21 bits per heavy atom. The lowest BCUT2D eigenvalue weighted by Crippen LogP contribution is -2.40. The molecule has 1 heterocycles. The smallest absolute Gasteiger partial charge is 0.282 e. The van der Waals surface area contributed by atoms with Crippen LogP contribution in [0.15, 0.2) is 0 Å². The Morgan fingerprint density at radius 1 is 1.50 bits per heavy atom. The summed E-state index contributed by atoms with van der Waals surface area (Å²) in [5.74, 6) is 0.0881. The lowest BCUT2D eigenvalue weighted by atomic mass is 9.94. The number of carbonyl (C=O) groups is 2. The van der Waals surface area contributed by atoms with Crippen molar-refractivity contribution in [3.63, 3.8) is 0 Å². The Balaban J connectivity index is 2.07. The van der Waals surface area contributed by atoms with Crippen LogP contribution in [-0.4, -0.2) is 33.8 Å². The van der Waals surface area contributed by atoms with Gasteiger partial charge in [0.25, 0.3) is 5.24 Å². The molecule has 2 fully saturated rings. The highest BCUT2D eigenvalue weighted by Gasteiger charge is 2.41. The third kappa shape index (κ3) is 1.80. The predicted molar refractivity (Wildman–Crippen MR) is 56.4 cm³/mol. The van der Waals surface area contributed by atoms with Crippen molar-refractivity contribution < 1.29 is 9.59 Å². The maximum absolute atomic E-state index is 11.6. The lowest BCUT2D eigenvalue weighted by molar-refractivity contribution is -0.117. The van der Waals surface area contributed by atoms with Gasteiger partial charge in [0.15, 0.2) is 0 Å². The molecule has 0 N–H and O–H groups in total. The number of amides is 1. The minimum absolute atomic E-state index is 0.0881. The summed E-state index contributed by atoms with van der Waals surface area (Å²) in [5, 5.41) is 0.563. The molecule has 1 aliphatic carbocycles. The zero-order chi connectivity index (χ0) is 10.1. The van der Waals surface area contributed by atoms with Crippen LogP contribution in [0.1, 0.15) is 32.6 Å². The average Bonchev–Trinajstić information content (AvgIpc) is 2.43. The number of fused-ring (bicyclic) bond motifs is 1.